The number of rotatable bonds is 2. The van der Waals surface area contributed by atoms with E-state index in [0.29, 0.717) is 17.2 Å². The second kappa shape index (κ2) is 6.70. The predicted molar refractivity (Wildman–Crippen MR) is 91.2 cm³/mol. The van der Waals surface area contributed by atoms with Crippen LogP contribution in [0.4, 0.5) is 5.69 Å². The monoisotopic (exact) mass is 376 g/mol. The lowest BCUT2D eigenvalue weighted by molar-refractivity contribution is 0.0398. The van der Waals surface area contributed by atoms with Gasteiger partial charge in [0.25, 0.3) is 0 Å². The third kappa shape index (κ3) is 3.27. The first-order chi connectivity index (χ1) is 10.7. The standard InChI is InChI=1S/C17H14BrClN2O/c18-14-4-1-12(2-5-14)17-11-21(7-8-22-17)15-6-3-13(10-20)16(19)9-15/h1-6,9,17H,7-8,11H2. The number of nitrogens with zero attached hydrogens (tertiary/aromatic N) is 2. The number of morpholine rings is 1. The zero-order valence-corrected chi connectivity index (χ0v) is 14.1. The third-order valence-electron chi connectivity index (χ3n) is 3.75. The van der Waals surface area contributed by atoms with E-state index in [4.69, 9.17) is 21.6 Å². The van der Waals surface area contributed by atoms with E-state index in [1.807, 2.05) is 24.3 Å². The van der Waals surface area contributed by atoms with Crippen molar-refractivity contribution in [2.75, 3.05) is 24.6 Å². The zero-order valence-electron chi connectivity index (χ0n) is 11.8. The Morgan fingerprint density at radius 2 is 2.00 bits per heavy atom. The van der Waals surface area contributed by atoms with Crippen LogP contribution in [0.2, 0.25) is 5.02 Å². The van der Waals surface area contributed by atoms with Crippen molar-refractivity contribution in [3.05, 3.63) is 63.1 Å². The van der Waals surface area contributed by atoms with Gasteiger partial charge in [0, 0.05) is 23.2 Å². The summed E-state index contributed by atoms with van der Waals surface area (Å²) in [5.74, 6) is 0. The minimum absolute atomic E-state index is 0.0382. The van der Waals surface area contributed by atoms with Crippen LogP contribution in [0.25, 0.3) is 0 Å². The molecule has 1 aliphatic heterocycles. The van der Waals surface area contributed by atoms with Crippen molar-refractivity contribution in [2.45, 2.75) is 6.10 Å². The summed E-state index contributed by atoms with van der Waals surface area (Å²) in [5, 5.41) is 9.45. The Hall–Kier alpha value is -1.54. The van der Waals surface area contributed by atoms with Crippen LogP contribution in [0.3, 0.4) is 0 Å². The molecule has 0 radical (unpaired) electrons. The highest BCUT2D eigenvalue weighted by Gasteiger charge is 2.22. The van der Waals surface area contributed by atoms with E-state index >= 15 is 0 Å². The van der Waals surface area contributed by atoms with E-state index in [-0.39, 0.29) is 6.10 Å². The minimum atomic E-state index is 0.0382. The van der Waals surface area contributed by atoms with Gasteiger partial charge in [-0.05, 0) is 35.9 Å². The van der Waals surface area contributed by atoms with Crippen molar-refractivity contribution in [1.82, 2.24) is 0 Å². The molecule has 1 heterocycles. The molecule has 1 fully saturated rings. The SMILES string of the molecule is N#Cc1ccc(N2CCOC(c3ccc(Br)cc3)C2)cc1Cl. The van der Waals surface area contributed by atoms with Crippen molar-refractivity contribution in [2.24, 2.45) is 0 Å². The number of ether oxygens (including phenoxy) is 1. The summed E-state index contributed by atoms with van der Waals surface area (Å²) in [7, 11) is 0. The molecular weight excluding hydrogens is 364 g/mol. The number of hydrogen-bond acceptors (Lipinski definition) is 3. The van der Waals surface area contributed by atoms with E-state index in [1.54, 1.807) is 6.07 Å². The molecule has 2 aromatic rings. The fourth-order valence-electron chi connectivity index (χ4n) is 2.55. The molecule has 0 amide bonds. The largest absolute Gasteiger partial charge is 0.370 e. The molecule has 0 bridgehead atoms. The summed E-state index contributed by atoms with van der Waals surface area (Å²) in [6.45, 7) is 2.25. The first kappa shape index (κ1) is 15.4. The number of anilines is 1. The Kier molecular flexibility index (Phi) is 4.68. The lowest BCUT2D eigenvalue weighted by Gasteiger charge is -2.35. The second-order valence-electron chi connectivity index (χ2n) is 5.13. The maximum Gasteiger partial charge on any atom is 0.101 e. The smallest absolute Gasteiger partial charge is 0.101 e. The fourth-order valence-corrected chi connectivity index (χ4v) is 3.04. The molecule has 112 valence electrons. The molecule has 5 heteroatoms. The second-order valence-corrected chi connectivity index (χ2v) is 6.46. The number of halogens is 2. The molecule has 1 aliphatic rings. The Morgan fingerprint density at radius 3 is 2.68 bits per heavy atom. The van der Waals surface area contributed by atoms with Crippen LogP contribution < -0.4 is 4.90 Å². The molecule has 1 atom stereocenters. The van der Waals surface area contributed by atoms with E-state index in [1.165, 1.54) is 0 Å². The Bertz CT molecular complexity index is 712. The molecule has 3 rings (SSSR count). The lowest BCUT2D eigenvalue weighted by Crippen LogP contribution is -2.38. The van der Waals surface area contributed by atoms with Crippen LogP contribution in [-0.2, 0) is 4.74 Å². The third-order valence-corrected chi connectivity index (χ3v) is 4.59. The van der Waals surface area contributed by atoms with E-state index in [0.717, 1.165) is 28.8 Å². The summed E-state index contributed by atoms with van der Waals surface area (Å²) in [5.41, 5.74) is 2.69. The van der Waals surface area contributed by atoms with Gasteiger partial charge in [0.05, 0.1) is 17.2 Å². The first-order valence-corrected chi connectivity index (χ1v) is 8.16. The van der Waals surface area contributed by atoms with Crippen molar-refractivity contribution in [3.63, 3.8) is 0 Å². The molecular formula is C17H14BrClN2O. The van der Waals surface area contributed by atoms with Crippen molar-refractivity contribution < 1.29 is 4.74 Å². The van der Waals surface area contributed by atoms with E-state index < -0.39 is 0 Å². The van der Waals surface area contributed by atoms with Gasteiger partial charge >= 0.3 is 0 Å². The molecule has 1 unspecified atom stereocenters. The molecule has 2 aromatic carbocycles. The highest BCUT2D eigenvalue weighted by Crippen LogP contribution is 2.29. The van der Waals surface area contributed by atoms with Crippen LogP contribution in [0.15, 0.2) is 46.9 Å². The molecule has 0 aromatic heterocycles. The van der Waals surface area contributed by atoms with Crippen molar-refractivity contribution in [3.8, 4) is 6.07 Å². The van der Waals surface area contributed by atoms with Crippen LogP contribution >= 0.6 is 27.5 Å². The summed E-state index contributed by atoms with van der Waals surface area (Å²) in [6, 6.07) is 15.8. The summed E-state index contributed by atoms with van der Waals surface area (Å²) >= 11 is 9.58. The topological polar surface area (TPSA) is 36.3 Å². The quantitative estimate of drug-likeness (QED) is 0.770. The van der Waals surface area contributed by atoms with Crippen LogP contribution in [0.1, 0.15) is 17.2 Å². The van der Waals surface area contributed by atoms with Gasteiger partial charge in [-0.3, -0.25) is 0 Å². The van der Waals surface area contributed by atoms with Gasteiger partial charge in [0.1, 0.15) is 12.2 Å². The Balaban J connectivity index is 1.79. The van der Waals surface area contributed by atoms with Gasteiger partial charge in [-0.15, -0.1) is 0 Å². The minimum Gasteiger partial charge on any atom is -0.370 e. The van der Waals surface area contributed by atoms with E-state index in [9.17, 15) is 0 Å². The van der Waals surface area contributed by atoms with Gasteiger partial charge in [0.2, 0.25) is 0 Å². The lowest BCUT2D eigenvalue weighted by atomic mass is 10.1. The highest BCUT2D eigenvalue weighted by molar-refractivity contribution is 9.10. The van der Waals surface area contributed by atoms with Crippen LogP contribution in [0.5, 0.6) is 0 Å². The van der Waals surface area contributed by atoms with E-state index in [2.05, 4.69) is 39.0 Å². The predicted octanol–water partition coefficient (Wildman–Crippen LogP) is 4.55. The molecule has 0 saturated carbocycles. The number of hydrogen-bond donors (Lipinski definition) is 0. The number of benzene rings is 2. The highest BCUT2D eigenvalue weighted by atomic mass is 79.9. The average molecular weight is 378 g/mol. The average Bonchev–Trinajstić information content (AvgIpc) is 2.55. The van der Waals surface area contributed by atoms with Crippen LogP contribution in [-0.4, -0.2) is 19.7 Å². The Morgan fingerprint density at radius 1 is 1.23 bits per heavy atom. The summed E-state index contributed by atoms with van der Waals surface area (Å²) < 4.78 is 6.95. The summed E-state index contributed by atoms with van der Waals surface area (Å²) in [6.07, 6.45) is 0.0382. The van der Waals surface area contributed by atoms with Crippen molar-refractivity contribution in [1.29, 1.82) is 5.26 Å². The van der Waals surface area contributed by atoms with Gasteiger partial charge in [-0.2, -0.15) is 5.26 Å². The van der Waals surface area contributed by atoms with Gasteiger partial charge in [-0.25, -0.2) is 0 Å². The molecule has 0 N–H and O–H groups in total. The zero-order chi connectivity index (χ0) is 15.5. The maximum absolute atomic E-state index is 8.96. The van der Waals surface area contributed by atoms with Crippen molar-refractivity contribution >= 4 is 33.2 Å². The maximum atomic E-state index is 8.96. The summed E-state index contributed by atoms with van der Waals surface area (Å²) in [4.78, 5) is 2.24. The number of nitriles is 1. The van der Waals surface area contributed by atoms with Gasteiger partial charge in [-0.1, -0.05) is 39.7 Å². The fraction of sp³-hybridized carbons (Fsp3) is 0.235. The molecule has 0 aliphatic carbocycles. The molecule has 3 nitrogen and oxygen atoms in total. The molecule has 22 heavy (non-hydrogen) atoms. The first-order valence-electron chi connectivity index (χ1n) is 6.99. The molecule has 1 saturated heterocycles. The normalized spacial score (nSPS) is 18.0. The van der Waals surface area contributed by atoms with Gasteiger partial charge in [0.15, 0.2) is 0 Å². The van der Waals surface area contributed by atoms with Gasteiger partial charge < -0.3 is 9.64 Å². The van der Waals surface area contributed by atoms with Crippen LogP contribution in [0, 0.1) is 11.3 Å². The Labute approximate surface area is 143 Å². The molecule has 0 spiro atoms.